The number of aryl methyl sites for hydroxylation is 1. The maximum Gasteiger partial charge on any atom is 0.225 e. The molecule has 156 valence electrons. The van der Waals surface area contributed by atoms with Crippen molar-refractivity contribution in [2.24, 2.45) is 10.9 Å². The standard InChI is InChI=1S/C21H31BrN4O.HI/c1-3-23-21(24-13-17-8-9-18(22)12-15(17)2)25-19-10-11-26(14-19)20(27)16-6-4-5-7-16;/h8-9,12,16,19H,3-7,10-11,13-14H2,1-2H3,(H2,23,24,25);1H. The summed E-state index contributed by atoms with van der Waals surface area (Å²) in [7, 11) is 0. The molecule has 1 amide bonds. The van der Waals surface area contributed by atoms with E-state index in [2.05, 4.69) is 63.5 Å². The first-order valence-corrected chi connectivity index (χ1v) is 10.9. The zero-order chi connectivity index (χ0) is 19.2. The highest BCUT2D eigenvalue weighted by atomic mass is 127. The molecular weight excluding hydrogens is 531 g/mol. The number of hydrogen-bond donors (Lipinski definition) is 2. The third-order valence-corrected chi connectivity index (χ3v) is 6.09. The van der Waals surface area contributed by atoms with Crippen LogP contribution in [-0.2, 0) is 11.3 Å². The van der Waals surface area contributed by atoms with Gasteiger partial charge in [-0.2, -0.15) is 0 Å². The molecule has 0 radical (unpaired) electrons. The average Bonchev–Trinajstić information content (AvgIpc) is 3.32. The van der Waals surface area contributed by atoms with Crippen LogP contribution in [0, 0.1) is 12.8 Å². The van der Waals surface area contributed by atoms with Crippen molar-refractivity contribution in [2.45, 2.75) is 58.5 Å². The van der Waals surface area contributed by atoms with Crippen molar-refractivity contribution in [3.8, 4) is 0 Å². The van der Waals surface area contributed by atoms with Gasteiger partial charge in [0.05, 0.1) is 6.54 Å². The summed E-state index contributed by atoms with van der Waals surface area (Å²) in [5.41, 5.74) is 2.46. The lowest BCUT2D eigenvalue weighted by Gasteiger charge is -2.21. The normalized spacial score (nSPS) is 20.2. The molecule has 0 aromatic heterocycles. The summed E-state index contributed by atoms with van der Waals surface area (Å²) in [6, 6.07) is 6.57. The molecule has 2 N–H and O–H groups in total. The minimum Gasteiger partial charge on any atom is -0.357 e. The van der Waals surface area contributed by atoms with Crippen molar-refractivity contribution in [1.82, 2.24) is 15.5 Å². The number of carbonyl (C=O) groups is 1. The smallest absolute Gasteiger partial charge is 0.225 e. The summed E-state index contributed by atoms with van der Waals surface area (Å²) in [5, 5.41) is 6.87. The number of benzene rings is 1. The van der Waals surface area contributed by atoms with Crippen LogP contribution in [0.3, 0.4) is 0 Å². The Balaban J connectivity index is 0.00000280. The Bertz CT molecular complexity index is 691. The van der Waals surface area contributed by atoms with E-state index in [1.165, 1.54) is 24.0 Å². The van der Waals surface area contributed by atoms with Crippen LogP contribution in [0.4, 0.5) is 0 Å². The Morgan fingerprint density at radius 2 is 2.04 bits per heavy atom. The van der Waals surface area contributed by atoms with Crippen LogP contribution >= 0.6 is 39.9 Å². The Labute approximate surface area is 194 Å². The van der Waals surface area contributed by atoms with E-state index < -0.39 is 0 Å². The molecule has 1 saturated heterocycles. The monoisotopic (exact) mass is 562 g/mol. The number of nitrogens with zero attached hydrogens (tertiary/aromatic N) is 2. The van der Waals surface area contributed by atoms with Gasteiger partial charge in [0.15, 0.2) is 5.96 Å². The minimum atomic E-state index is 0. The Kier molecular flexibility index (Phi) is 9.53. The second-order valence-electron chi connectivity index (χ2n) is 7.66. The zero-order valence-electron chi connectivity index (χ0n) is 16.8. The molecule has 1 aliphatic heterocycles. The molecule has 1 aromatic carbocycles. The molecule has 1 atom stereocenters. The summed E-state index contributed by atoms with van der Waals surface area (Å²) >= 11 is 3.51. The molecule has 5 nitrogen and oxygen atoms in total. The van der Waals surface area contributed by atoms with Crippen LogP contribution < -0.4 is 10.6 Å². The molecule has 1 heterocycles. The van der Waals surface area contributed by atoms with Gasteiger partial charge in [-0.1, -0.05) is 34.8 Å². The van der Waals surface area contributed by atoms with E-state index in [4.69, 9.17) is 4.99 Å². The zero-order valence-corrected chi connectivity index (χ0v) is 20.8. The summed E-state index contributed by atoms with van der Waals surface area (Å²) in [5.74, 6) is 1.47. The van der Waals surface area contributed by atoms with E-state index >= 15 is 0 Å². The molecule has 2 aliphatic rings. The van der Waals surface area contributed by atoms with Crippen molar-refractivity contribution in [3.63, 3.8) is 0 Å². The van der Waals surface area contributed by atoms with Crippen LogP contribution in [0.1, 0.15) is 50.2 Å². The van der Waals surface area contributed by atoms with E-state index in [1.54, 1.807) is 0 Å². The first kappa shape index (κ1) is 23.4. The third kappa shape index (κ3) is 6.34. The van der Waals surface area contributed by atoms with Crippen LogP contribution in [0.5, 0.6) is 0 Å². The number of rotatable bonds is 5. The van der Waals surface area contributed by atoms with E-state index in [0.717, 1.165) is 49.3 Å². The number of carbonyl (C=O) groups excluding carboxylic acids is 1. The quantitative estimate of drug-likeness (QED) is 0.321. The van der Waals surface area contributed by atoms with Gasteiger partial charge in [0.1, 0.15) is 0 Å². The Hall–Kier alpha value is -0.830. The highest BCUT2D eigenvalue weighted by Gasteiger charge is 2.32. The second kappa shape index (κ2) is 11.4. The Morgan fingerprint density at radius 3 is 2.71 bits per heavy atom. The van der Waals surface area contributed by atoms with E-state index in [-0.39, 0.29) is 35.9 Å². The molecule has 0 spiro atoms. The molecule has 1 aliphatic carbocycles. The van der Waals surface area contributed by atoms with Gasteiger partial charge in [-0.05, 0) is 56.4 Å². The molecular formula is C21H32BrIN4O. The molecule has 0 bridgehead atoms. The molecule has 1 saturated carbocycles. The van der Waals surface area contributed by atoms with Crippen LogP contribution in [0.15, 0.2) is 27.7 Å². The number of aliphatic imine (C=N–C) groups is 1. The van der Waals surface area contributed by atoms with E-state index in [9.17, 15) is 4.79 Å². The Morgan fingerprint density at radius 1 is 1.29 bits per heavy atom. The fraction of sp³-hybridized carbons (Fsp3) is 0.619. The van der Waals surface area contributed by atoms with Crippen molar-refractivity contribution >= 4 is 51.8 Å². The lowest BCUT2D eigenvalue weighted by atomic mass is 10.1. The molecule has 1 unspecified atom stereocenters. The molecule has 3 rings (SSSR count). The summed E-state index contributed by atoms with van der Waals surface area (Å²) < 4.78 is 1.09. The highest BCUT2D eigenvalue weighted by molar-refractivity contribution is 14.0. The maximum atomic E-state index is 12.6. The number of likely N-dealkylation sites (tertiary alicyclic amines) is 1. The number of guanidine groups is 1. The van der Waals surface area contributed by atoms with Gasteiger partial charge in [0, 0.05) is 36.1 Å². The summed E-state index contributed by atoms with van der Waals surface area (Å²) in [6.45, 7) is 7.30. The lowest BCUT2D eigenvalue weighted by Crippen LogP contribution is -2.45. The number of nitrogens with one attached hydrogen (secondary N) is 2. The van der Waals surface area contributed by atoms with Gasteiger partial charge >= 0.3 is 0 Å². The van der Waals surface area contributed by atoms with Crippen molar-refractivity contribution in [2.75, 3.05) is 19.6 Å². The largest absolute Gasteiger partial charge is 0.357 e. The average molecular weight is 563 g/mol. The summed E-state index contributed by atoms with van der Waals surface area (Å²) in [6.07, 6.45) is 5.55. The highest BCUT2D eigenvalue weighted by Crippen LogP contribution is 2.27. The molecule has 28 heavy (non-hydrogen) atoms. The number of halogens is 2. The second-order valence-corrected chi connectivity index (χ2v) is 8.58. The number of hydrogen-bond acceptors (Lipinski definition) is 2. The van der Waals surface area contributed by atoms with Crippen LogP contribution in [0.2, 0.25) is 0 Å². The maximum absolute atomic E-state index is 12.6. The van der Waals surface area contributed by atoms with Gasteiger partial charge in [-0.15, -0.1) is 24.0 Å². The third-order valence-electron chi connectivity index (χ3n) is 5.60. The van der Waals surface area contributed by atoms with Crippen LogP contribution in [-0.4, -0.2) is 42.4 Å². The predicted octanol–water partition coefficient (Wildman–Crippen LogP) is 4.22. The minimum absolute atomic E-state index is 0. The predicted molar refractivity (Wildman–Crippen MR) is 129 cm³/mol. The molecule has 1 aromatic rings. The fourth-order valence-electron chi connectivity index (χ4n) is 4.02. The fourth-order valence-corrected chi connectivity index (χ4v) is 4.50. The van der Waals surface area contributed by atoms with Gasteiger partial charge in [0.25, 0.3) is 0 Å². The van der Waals surface area contributed by atoms with Gasteiger partial charge in [0.2, 0.25) is 5.91 Å². The van der Waals surface area contributed by atoms with E-state index in [1.807, 2.05) is 0 Å². The molecule has 2 fully saturated rings. The van der Waals surface area contributed by atoms with Gasteiger partial charge < -0.3 is 15.5 Å². The molecule has 7 heteroatoms. The lowest BCUT2D eigenvalue weighted by molar-refractivity contribution is -0.134. The SMILES string of the molecule is CCNC(=NCc1ccc(Br)cc1C)NC1CCN(C(=O)C2CCCC2)C1.I. The topological polar surface area (TPSA) is 56.7 Å². The van der Waals surface area contributed by atoms with Crippen molar-refractivity contribution < 1.29 is 4.79 Å². The first-order valence-electron chi connectivity index (χ1n) is 10.2. The first-order chi connectivity index (χ1) is 13.1. The van der Waals surface area contributed by atoms with E-state index in [0.29, 0.717) is 12.5 Å². The summed E-state index contributed by atoms with van der Waals surface area (Å²) in [4.78, 5) is 19.4. The van der Waals surface area contributed by atoms with Gasteiger partial charge in [-0.25, -0.2) is 4.99 Å². The van der Waals surface area contributed by atoms with Crippen molar-refractivity contribution in [1.29, 1.82) is 0 Å². The van der Waals surface area contributed by atoms with Gasteiger partial charge in [-0.3, -0.25) is 4.79 Å². The van der Waals surface area contributed by atoms with Crippen molar-refractivity contribution in [3.05, 3.63) is 33.8 Å². The van der Waals surface area contributed by atoms with Crippen LogP contribution in [0.25, 0.3) is 0 Å². The number of amides is 1.